The number of rotatable bonds is 6. The standard InChI is InChI=1S/C12H18N2O5S/c1-12(2,20(4,17)18)8-13-9-5-10(14(15)16)7-11(6-9)19-3/h5-7,13H,8H2,1-4H3. The summed E-state index contributed by atoms with van der Waals surface area (Å²) in [6.07, 6.45) is 1.16. The van der Waals surface area contributed by atoms with E-state index in [-0.39, 0.29) is 12.2 Å². The van der Waals surface area contributed by atoms with E-state index in [4.69, 9.17) is 4.74 Å². The zero-order valence-electron chi connectivity index (χ0n) is 11.8. The van der Waals surface area contributed by atoms with Crippen molar-refractivity contribution in [2.75, 3.05) is 25.2 Å². The zero-order chi connectivity index (χ0) is 15.6. The summed E-state index contributed by atoms with van der Waals surface area (Å²) < 4.78 is 27.2. The van der Waals surface area contributed by atoms with Gasteiger partial charge in [0.15, 0.2) is 9.84 Å². The van der Waals surface area contributed by atoms with E-state index in [9.17, 15) is 18.5 Å². The van der Waals surface area contributed by atoms with Crippen molar-refractivity contribution < 1.29 is 18.1 Å². The third-order valence-electron chi connectivity index (χ3n) is 3.06. The van der Waals surface area contributed by atoms with Gasteiger partial charge >= 0.3 is 0 Å². The van der Waals surface area contributed by atoms with Gasteiger partial charge in [0.05, 0.1) is 22.8 Å². The average molecular weight is 302 g/mol. The topological polar surface area (TPSA) is 98.5 Å². The highest BCUT2D eigenvalue weighted by Gasteiger charge is 2.30. The normalized spacial score (nSPS) is 12.0. The number of sulfone groups is 1. The van der Waals surface area contributed by atoms with E-state index in [0.717, 1.165) is 6.26 Å². The van der Waals surface area contributed by atoms with Crippen molar-refractivity contribution in [1.29, 1.82) is 0 Å². The van der Waals surface area contributed by atoms with Crippen LogP contribution in [0, 0.1) is 10.1 Å². The molecule has 0 bridgehead atoms. The minimum Gasteiger partial charge on any atom is -0.496 e. The second kappa shape index (κ2) is 5.66. The van der Waals surface area contributed by atoms with Crippen molar-refractivity contribution in [3.05, 3.63) is 28.3 Å². The first kappa shape index (κ1) is 16.2. The number of hydrogen-bond acceptors (Lipinski definition) is 6. The summed E-state index contributed by atoms with van der Waals surface area (Å²) in [5.74, 6) is 0.332. The summed E-state index contributed by atoms with van der Waals surface area (Å²) in [4.78, 5) is 10.3. The number of nitro benzene ring substituents is 1. The van der Waals surface area contributed by atoms with Crippen LogP contribution in [-0.2, 0) is 9.84 Å². The first-order valence-corrected chi connectivity index (χ1v) is 7.73. The van der Waals surface area contributed by atoms with Crippen LogP contribution in [0.5, 0.6) is 5.75 Å². The molecule has 8 heteroatoms. The van der Waals surface area contributed by atoms with E-state index < -0.39 is 19.5 Å². The van der Waals surface area contributed by atoms with E-state index in [1.54, 1.807) is 19.9 Å². The van der Waals surface area contributed by atoms with Crippen LogP contribution in [0.2, 0.25) is 0 Å². The second-order valence-electron chi connectivity index (χ2n) is 5.06. The molecule has 1 aromatic carbocycles. The molecule has 0 heterocycles. The molecule has 1 N–H and O–H groups in total. The summed E-state index contributed by atoms with van der Waals surface area (Å²) in [6, 6.07) is 4.21. The molecule has 0 fully saturated rings. The molecular weight excluding hydrogens is 284 g/mol. The largest absolute Gasteiger partial charge is 0.496 e. The highest BCUT2D eigenvalue weighted by molar-refractivity contribution is 7.92. The molecule has 0 atom stereocenters. The molecule has 0 radical (unpaired) electrons. The lowest BCUT2D eigenvalue weighted by Gasteiger charge is -2.23. The Morgan fingerprint density at radius 1 is 1.35 bits per heavy atom. The van der Waals surface area contributed by atoms with E-state index in [1.165, 1.54) is 19.2 Å². The number of non-ortho nitro benzene ring substituents is 1. The van der Waals surface area contributed by atoms with Crippen molar-refractivity contribution >= 4 is 21.2 Å². The number of methoxy groups -OCH3 is 1. The first-order chi connectivity index (χ1) is 9.06. The minimum absolute atomic E-state index is 0.121. The summed E-state index contributed by atoms with van der Waals surface area (Å²) >= 11 is 0. The van der Waals surface area contributed by atoms with Crippen LogP contribution in [0.4, 0.5) is 11.4 Å². The molecule has 0 aliphatic heterocycles. The molecule has 0 aromatic heterocycles. The fourth-order valence-corrected chi connectivity index (χ4v) is 1.69. The van der Waals surface area contributed by atoms with Gasteiger partial charge in [0.1, 0.15) is 5.75 Å². The molecule has 7 nitrogen and oxygen atoms in total. The van der Waals surface area contributed by atoms with Gasteiger partial charge in [0.25, 0.3) is 5.69 Å². The van der Waals surface area contributed by atoms with Crippen LogP contribution in [0.3, 0.4) is 0 Å². The highest BCUT2D eigenvalue weighted by Crippen LogP contribution is 2.26. The van der Waals surface area contributed by atoms with Gasteiger partial charge in [-0.25, -0.2) is 8.42 Å². The molecule has 20 heavy (non-hydrogen) atoms. The van der Waals surface area contributed by atoms with Crippen molar-refractivity contribution in [2.45, 2.75) is 18.6 Å². The molecule has 1 aromatic rings. The molecular formula is C12H18N2O5S. The third-order valence-corrected chi connectivity index (χ3v) is 5.21. The molecule has 1 rings (SSSR count). The van der Waals surface area contributed by atoms with Crippen LogP contribution in [0.25, 0.3) is 0 Å². The van der Waals surface area contributed by atoms with Gasteiger partial charge in [-0.1, -0.05) is 0 Å². The lowest BCUT2D eigenvalue weighted by Crippen LogP contribution is -2.38. The Labute approximate surface area is 118 Å². The summed E-state index contributed by atoms with van der Waals surface area (Å²) in [7, 11) is -1.84. The Morgan fingerprint density at radius 3 is 2.40 bits per heavy atom. The first-order valence-electron chi connectivity index (χ1n) is 5.84. The van der Waals surface area contributed by atoms with Crippen molar-refractivity contribution in [1.82, 2.24) is 0 Å². The SMILES string of the molecule is COc1cc(NCC(C)(C)S(C)(=O)=O)cc([N+](=O)[O-])c1. The molecule has 0 unspecified atom stereocenters. The number of nitrogens with zero attached hydrogens (tertiary/aromatic N) is 1. The molecule has 0 aliphatic rings. The molecule has 0 saturated carbocycles. The van der Waals surface area contributed by atoms with Crippen LogP contribution in [0.15, 0.2) is 18.2 Å². The quantitative estimate of drug-likeness (QED) is 0.636. The van der Waals surface area contributed by atoms with Crippen molar-refractivity contribution in [3.8, 4) is 5.75 Å². The zero-order valence-corrected chi connectivity index (χ0v) is 12.7. The van der Waals surface area contributed by atoms with Gasteiger partial charge in [-0.05, 0) is 13.8 Å². The third kappa shape index (κ3) is 3.83. The van der Waals surface area contributed by atoms with E-state index >= 15 is 0 Å². The van der Waals surface area contributed by atoms with Gasteiger partial charge in [-0.15, -0.1) is 0 Å². The van der Waals surface area contributed by atoms with E-state index in [2.05, 4.69) is 5.32 Å². The molecule has 0 spiro atoms. The summed E-state index contributed by atoms with van der Waals surface area (Å²) in [5.41, 5.74) is 0.316. The molecule has 0 saturated heterocycles. The molecule has 0 aliphatic carbocycles. The maximum Gasteiger partial charge on any atom is 0.275 e. The van der Waals surface area contributed by atoms with Crippen molar-refractivity contribution in [3.63, 3.8) is 0 Å². The maximum atomic E-state index is 11.6. The number of nitro groups is 1. The van der Waals surface area contributed by atoms with Crippen molar-refractivity contribution in [2.24, 2.45) is 0 Å². The monoisotopic (exact) mass is 302 g/mol. The van der Waals surface area contributed by atoms with E-state index in [0.29, 0.717) is 11.4 Å². The molecule has 112 valence electrons. The predicted molar refractivity (Wildman–Crippen MR) is 77.1 cm³/mol. The Kier molecular flexibility index (Phi) is 4.59. The van der Waals surface area contributed by atoms with Gasteiger partial charge in [0.2, 0.25) is 0 Å². The van der Waals surface area contributed by atoms with Crippen LogP contribution < -0.4 is 10.1 Å². The Morgan fingerprint density at radius 2 is 1.95 bits per heavy atom. The number of anilines is 1. The lowest BCUT2D eigenvalue weighted by atomic mass is 10.2. The predicted octanol–water partition coefficient (Wildman–Crippen LogP) is 1.84. The fourth-order valence-electron chi connectivity index (χ4n) is 1.35. The van der Waals surface area contributed by atoms with Crippen LogP contribution in [-0.4, -0.2) is 38.0 Å². The minimum atomic E-state index is -3.24. The maximum absolute atomic E-state index is 11.6. The Hall–Kier alpha value is -1.83. The smallest absolute Gasteiger partial charge is 0.275 e. The van der Waals surface area contributed by atoms with Crippen LogP contribution in [0.1, 0.15) is 13.8 Å². The number of benzene rings is 1. The van der Waals surface area contributed by atoms with Crippen LogP contribution >= 0.6 is 0 Å². The lowest BCUT2D eigenvalue weighted by molar-refractivity contribution is -0.384. The average Bonchev–Trinajstić information content (AvgIpc) is 2.34. The van der Waals surface area contributed by atoms with Gasteiger partial charge in [0, 0.05) is 30.6 Å². The summed E-state index contributed by atoms with van der Waals surface area (Å²) in [5, 5.41) is 13.7. The highest BCUT2D eigenvalue weighted by atomic mass is 32.2. The fraction of sp³-hybridized carbons (Fsp3) is 0.500. The van der Waals surface area contributed by atoms with Gasteiger partial charge < -0.3 is 10.1 Å². The Balaban J connectivity index is 2.99. The number of nitrogens with one attached hydrogen (secondary N) is 1. The van der Waals surface area contributed by atoms with Gasteiger partial charge in [-0.2, -0.15) is 0 Å². The summed E-state index contributed by atoms with van der Waals surface area (Å²) in [6.45, 7) is 3.31. The second-order valence-corrected chi connectivity index (χ2v) is 7.71. The number of ether oxygens (including phenoxy) is 1. The van der Waals surface area contributed by atoms with E-state index in [1.807, 2.05) is 0 Å². The molecule has 0 amide bonds. The van der Waals surface area contributed by atoms with Gasteiger partial charge in [-0.3, -0.25) is 10.1 Å². The number of hydrogen-bond donors (Lipinski definition) is 1. The Bertz CT molecular complexity index is 610.